The van der Waals surface area contributed by atoms with Crippen LogP contribution < -0.4 is 10.6 Å². The van der Waals surface area contributed by atoms with Crippen molar-refractivity contribution >= 4 is 29.0 Å². The molecule has 1 aromatic carbocycles. The Bertz CT molecular complexity index is 791. The van der Waals surface area contributed by atoms with Gasteiger partial charge in [-0.1, -0.05) is 37.3 Å². The predicted octanol–water partition coefficient (Wildman–Crippen LogP) is 4.77. The van der Waals surface area contributed by atoms with Crippen molar-refractivity contribution in [2.45, 2.75) is 51.5 Å². The van der Waals surface area contributed by atoms with Crippen molar-refractivity contribution in [3.63, 3.8) is 0 Å². The van der Waals surface area contributed by atoms with Crippen LogP contribution in [0.2, 0.25) is 5.02 Å². The number of hydrogen-bond donors (Lipinski definition) is 2. The quantitative estimate of drug-likeness (QED) is 0.754. The fourth-order valence-corrected chi connectivity index (χ4v) is 3.33. The molecule has 0 unspecified atom stereocenters. The van der Waals surface area contributed by atoms with Gasteiger partial charge in [-0.2, -0.15) is 0 Å². The Morgan fingerprint density at radius 1 is 1.15 bits per heavy atom. The zero-order chi connectivity index (χ0) is 18.5. The molecule has 0 spiro atoms. The van der Waals surface area contributed by atoms with Crippen LogP contribution in [0.25, 0.3) is 0 Å². The van der Waals surface area contributed by atoms with E-state index >= 15 is 0 Å². The fraction of sp³-hybridized carbons (Fsp3) is 0.421. The molecule has 0 saturated heterocycles. The van der Waals surface area contributed by atoms with Crippen LogP contribution in [0, 0.1) is 12.7 Å². The lowest BCUT2D eigenvalue weighted by molar-refractivity contribution is 0.0928. The van der Waals surface area contributed by atoms with Crippen LogP contribution in [0.4, 0.5) is 15.9 Å². The molecular weight excluding hydrogens is 355 g/mol. The molecule has 1 aliphatic carbocycles. The molecule has 1 fully saturated rings. The molecule has 7 heteroatoms. The van der Waals surface area contributed by atoms with Crippen LogP contribution in [0.1, 0.15) is 54.8 Å². The van der Waals surface area contributed by atoms with E-state index in [1.165, 1.54) is 25.0 Å². The summed E-state index contributed by atoms with van der Waals surface area (Å²) in [6.45, 7) is 1.73. The summed E-state index contributed by atoms with van der Waals surface area (Å²) in [6.07, 6.45) is 6.77. The summed E-state index contributed by atoms with van der Waals surface area (Å²) < 4.78 is 13.3. The van der Waals surface area contributed by atoms with Gasteiger partial charge in [0.05, 0.1) is 5.02 Å². The van der Waals surface area contributed by atoms with E-state index in [1.54, 1.807) is 19.1 Å². The van der Waals surface area contributed by atoms with Crippen molar-refractivity contribution in [1.82, 2.24) is 15.3 Å². The number of anilines is 2. The van der Waals surface area contributed by atoms with E-state index in [4.69, 9.17) is 11.6 Å². The van der Waals surface area contributed by atoms with Crippen molar-refractivity contribution in [3.05, 3.63) is 46.6 Å². The number of amides is 1. The second kappa shape index (κ2) is 8.45. The minimum Gasteiger partial charge on any atom is -0.348 e. The fourth-order valence-electron chi connectivity index (χ4n) is 3.15. The lowest BCUT2D eigenvalue weighted by Crippen LogP contribution is -2.35. The lowest BCUT2D eigenvalue weighted by atomic mass is 10.1. The highest BCUT2D eigenvalue weighted by molar-refractivity contribution is 6.31. The summed E-state index contributed by atoms with van der Waals surface area (Å²) in [5.41, 5.74) is 0.905. The van der Waals surface area contributed by atoms with Gasteiger partial charge in [-0.15, -0.1) is 0 Å². The van der Waals surface area contributed by atoms with Crippen molar-refractivity contribution in [3.8, 4) is 0 Å². The predicted molar refractivity (Wildman–Crippen MR) is 100 cm³/mol. The summed E-state index contributed by atoms with van der Waals surface area (Å²) in [6, 6.07) is 6.10. The van der Waals surface area contributed by atoms with Gasteiger partial charge >= 0.3 is 0 Å². The first-order valence-electron chi connectivity index (χ1n) is 8.90. The topological polar surface area (TPSA) is 66.9 Å². The number of benzene rings is 1. The molecule has 3 rings (SSSR count). The SMILES string of the molecule is Cc1nc(Nc2ccc(F)c(Cl)c2)cc(C(=O)NC2CCCCCC2)n1. The highest BCUT2D eigenvalue weighted by atomic mass is 35.5. The van der Waals surface area contributed by atoms with Crippen molar-refractivity contribution < 1.29 is 9.18 Å². The largest absolute Gasteiger partial charge is 0.348 e. The van der Waals surface area contributed by atoms with E-state index in [0.717, 1.165) is 25.7 Å². The number of aromatic nitrogens is 2. The Morgan fingerprint density at radius 3 is 2.58 bits per heavy atom. The van der Waals surface area contributed by atoms with Gasteiger partial charge in [0.1, 0.15) is 23.2 Å². The summed E-state index contributed by atoms with van der Waals surface area (Å²) in [4.78, 5) is 21.1. The first-order valence-corrected chi connectivity index (χ1v) is 9.28. The van der Waals surface area contributed by atoms with Crippen LogP contribution in [0.5, 0.6) is 0 Å². The van der Waals surface area contributed by atoms with Crippen molar-refractivity contribution in [1.29, 1.82) is 0 Å². The molecule has 2 aromatic rings. The molecule has 0 radical (unpaired) electrons. The molecule has 1 saturated carbocycles. The van der Waals surface area contributed by atoms with Gasteiger partial charge in [-0.25, -0.2) is 14.4 Å². The zero-order valence-corrected chi connectivity index (χ0v) is 15.4. The van der Waals surface area contributed by atoms with Crippen molar-refractivity contribution in [2.75, 3.05) is 5.32 Å². The van der Waals surface area contributed by atoms with Crippen LogP contribution >= 0.6 is 11.6 Å². The Kier molecular flexibility index (Phi) is 6.04. The van der Waals surface area contributed by atoms with Gasteiger partial charge < -0.3 is 10.6 Å². The third-order valence-corrected chi connectivity index (χ3v) is 4.74. The number of carbonyl (C=O) groups is 1. The standard InChI is InChI=1S/C19H22ClFN4O/c1-12-22-17(19(26)25-13-6-4-2-3-5-7-13)11-18(23-12)24-14-8-9-16(21)15(20)10-14/h8-11,13H,2-7H2,1H3,(H,25,26)(H,22,23,24). The molecule has 1 heterocycles. The van der Waals surface area contributed by atoms with Crippen LogP contribution in [0.3, 0.4) is 0 Å². The zero-order valence-electron chi connectivity index (χ0n) is 14.7. The van der Waals surface area contributed by atoms with Crippen LogP contribution in [-0.4, -0.2) is 21.9 Å². The number of nitrogens with zero attached hydrogens (tertiary/aromatic N) is 2. The summed E-state index contributed by atoms with van der Waals surface area (Å²) in [5.74, 6) is 0.266. The van der Waals surface area contributed by atoms with Gasteiger partial charge in [-0.3, -0.25) is 4.79 Å². The van der Waals surface area contributed by atoms with E-state index in [9.17, 15) is 9.18 Å². The van der Waals surface area contributed by atoms with E-state index < -0.39 is 5.82 Å². The van der Waals surface area contributed by atoms with Gasteiger partial charge in [0, 0.05) is 17.8 Å². The monoisotopic (exact) mass is 376 g/mol. The molecule has 0 atom stereocenters. The number of hydrogen-bond acceptors (Lipinski definition) is 4. The second-order valence-electron chi connectivity index (χ2n) is 6.60. The number of aryl methyl sites for hydroxylation is 1. The minimum atomic E-state index is -0.487. The van der Waals surface area contributed by atoms with Gasteiger partial charge in [-0.05, 0) is 38.0 Å². The third kappa shape index (κ3) is 4.91. The lowest BCUT2D eigenvalue weighted by Gasteiger charge is -2.16. The van der Waals surface area contributed by atoms with Gasteiger partial charge in [0.2, 0.25) is 0 Å². The summed E-state index contributed by atoms with van der Waals surface area (Å²) in [5, 5.41) is 6.14. The van der Waals surface area contributed by atoms with Crippen molar-refractivity contribution in [2.24, 2.45) is 0 Å². The maximum atomic E-state index is 13.3. The highest BCUT2D eigenvalue weighted by Gasteiger charge is 2.17. The molecule has 2 N–H and O–H groups in total. The molecule has 26 heavy (non-hydrogen) atoms. The summed E-state index contributed by atoms with van der Waals surface area (Å²) in [7, 11) is 0. The molecule has 1 amide bonds. The van der Waals surface area contributed by atoms with E-state index in [1.807, 2.05) is 0 Å². The maximum Gasteiger partial charge on any atom is 0.270 e. The molecule has 5 nitrogen and oxygen atoms in total. The Hall–Kier alpha value is -2.21. The molecular formula is C19H22ClFN4O. The van der Waals surface area contributed by atoms with Crippen LogP contribution in [-0.2, 0) is 0 Å². The Labute approximate surface area is 157 Å². The first kappa shape index (κ1) is 18.6. The van der Waals surface area contributed by atoms with E-state index in [0.29, 0.717) is 23.0 Å². The molecule has 1 aliphatic rings. The Morgan fingerprint density at radius 2 is 1.88 bits per heavy atom. The second-order valence-corrected chi connectivity index (χ2v) is 7.01. The average molecular weight is 377 g/mol. The number of carbonyl (C=O) groups excluding carboxylic acids is 1. The molecule has 138 valence electrons. The first-order chi connectivity index (χ1) is 12.5. The highest BCUT2D eigenvalue weighted by Crippen LogP contribution is 2.22. The number of halogens is 2. The molecule has 0 aliphatic heterocycles. The van der Waals surface area contributed by atoms with Crippen LogP contribution in [0.15, 0.2) is 24.3 Å². The van der Waals surface area contributed by atoms with E-state index in [-0.39, 0.29) is 17.0 Å². The van der Waals surface area contributed by atoms with Gasteiger partial charge in [0.15, 0.2) is 0 Å². The van der Waals surface area contributed by atoms with E-state index in [2.05, 4.69) is 20.6 Å². The summed E-state index contributed by atoms with van der Waals surface area (Å²) >= 11 is 5.80. The smallest absolute Gasteiger partial charge is 0.270 e. The normalized spacial score (nSPS) is 15.3. The number of rotatable bonds is 4. The maximum absolute atomic E-state index is 13.3. The third-order valence-electron chi connectivity index (χ3n) is 4.45. The average Bonchev–Trinajstić information content (AvgIpc) is 2.86. The molecule has 1 aromatic heterocycles. The van der Waals surface area contributed by atoms with Gasteiger partial charge in [0.25, 0.3) is 5.91 Å². The Balaban J connectivity index is 1.73. The minimum absolute atomic E-state index is 0.0205. The number of nitrogens with one attached hydrogen (secondary N) is 2. The molecule has 0 bridgehead atoms.